The van der Waals surface area contributed by atoms with Gasteiger partial charge in [-0.05, 0) is 53.8 Å². The van der Waals surface area contributed by atoms with E-state index in [0.717, 1.165) is 35.1 Å². The van der Waals surface area contributed by atoms with Crippen molar-refractivity contribution in [3.05, 3.63) is 78.1 Å². The van der Waals surface area contributed by atoms with Gasteiger partial charge < -0.3 is 4.98 Å². The Hall–Kier alpha value is -3.58. The highest BCUT2D eigenvalue weighted by atomic mass is 32.2. The Morgan fingerprint density at radius 1 is 0.919 bits per heavy atom. The zero-order chi connectivity index (χ0) is 26.6. The molecule has 194 valence electrons. The number of aromatic amines is 1. The smallest absolute Gasteiger partial charge is 0.342 e. The van der Waals surface area contributed by atoms with Gasteiger partial charge in [-0.1, -0.05) is 36.4 Å². The zero-order valence-electron chi connectivity index (χ0n) is 19.2. The number of imidazole rings is 1. The van der Waals surface area contributed by atoms with Gasteiger partial charge in [0.1, 0.15) is 5.82 Å². The van der Waals surface area contributed by atoms with Crippen molar-refractivity contribution < 1.29 is 30.0 Å². The molecule has 8 nitrogen and oxygen atoms in total. The van der Waals surface area contributed by atoms with Gasteiger partial charge in [-0.3, -0.25) is 9.44 Å². The average Bonchev–Trinajstić information content (AvgIpc) is 3.49. The van der Waals surface area contributed by atoms with E-state index in [4.69, 9.17) is 4.98 Å². The summed E-state index contributed by atoms with van der Waals surface area (Å²) in [6, 6.07) is 18.5. The van der Waals surface area contributed by atoms with Crippen LogP contribution in [0.2, 0.25) is 0 Å². The zero-order valence-corrected chi connectivity index (χ0v) is 20.9. The molecule has 1 aliphatic carbocycles. The highest BCUT2D eigenvalue weighted by Crippen LogP contribution is 2.54. The Bertz CT molecular complexity index is 1700. The van der Waals surface area contributed by atoms with Gasteiger partial charge in [-0.2, -0.15) is 21.6 Å². The van der Waals surface area contributed by atoms with Crippen molar-refractivity contribution in [2.75, 3.05) is 15.7 Å². The van der Waals surface area contributed by atoms with Gasteiger partial charge in [-0.25, -0.2) is 13.4 Å². The maximum atomic E-state index is 12.6. The maximum Gasteiger partial charge on any atom is 0.516 e. The predicted octanol–water partition coefficient (Wildman–Crippen LogP) is 5.13. The Morgan fingerprint density at radius 2 is 1.62 bits per heavy atom. The second-order valence-electron chi connectivity index (χ2n) is 8.90. The third kappa shape index (κ3) is 5.27. The normalized spacial score (nSPS) is 18.1. The molecule has 1 heterocycles. The van der Waals surface area contributed by atoms with Crippen molar-refractivity contribution in [3.8, 4) is 11.1 Å². The van der Waals surface area contributed by atoms with Crippen LogP contribution in [0.25, 0.3) is 22.2 Å². The highest BCUT2D eigenvalue weighted by Gasteiger charge is 2.46. The topological polar surface area (TPSA) is 121 Å². The standard InChI is InChI=1S/C24H21F3N4O4S2/c1-36(32,33)31-20-5-3-2-4-17(20)15-8-11-21-22(12-15)29-23(28-21)19-13-18(19)14-6-9-16(10-7-14)30-37(34,35)24(25,26)27/h2-12,18-19,30-31H,13H2,1H3,(H,28,29). The Kier molecular flexibility index (Phi) is 5.94. The van der Waals surface area contributed by atoms with Gasteiger partial charge in [0.15, 0.2) is 0 Å². The lowest BCUT2D eigenvalue weighted by molar-refractivity contribution is -0.0429. The molecule has 1 fully saturated rings. The third-order valence-electron chi connectivity index (χ3n) is 6.07. The summed E-state index contributed by atoms with van der Waals surface area (Å²) >= 11 is 0. The number of H-pyrrole nitrogens is 1. The van der Waals surface area contributed by atoms with E-state index in [-0.39, 0.29) is 17.5 Å². The number of sulfonamides is 2. The maximum absolute atomic E-state index is 12.6. The third-order valence-corrected chi connectivity index (χ3v) is 7.78. The van der Waals surface area contributed by atoms with E-state index in [9.17, 15) is 30.0 Å². The molecule has 0 aliphatic heterocycles. The molecule has 0 saturated heterocycles. The Labute approximate surface area is 211 Å². The number of hydrogen-bond donors (Lipinski definition) is 3. The van der Waals surface area contributed by atoms with Crippen molar-refractivity contribution in [1.29, 1.82) is 0 Å². The lowest BCUT2D eigenvalue weighted by atomic mass is 10.0. The number of rotatable bonds is 7. The lowest BCUT2D eigenvalue weighted by Crippen LogP contribution is -2.29. The number of halogens is 3. The second kappa shape index (κ2) is 8.77. The van der Waals surface area contributed by atoms with Crippen molar-refractivity contribution >= 4 is 42.5 Å². The first-order valence-electron chi connectivity index (χ1n) is 11.1. The number of aromatic nitrogens is 2. The van der Waals surface area contributed by atoms with Crippen molar-refractivity contribution in [2.24, 2.45) is 0 Å². The number of nitrogens with zero attached hydrogens (tertiary/aromatic N) is 1. The summed E-state index contributed by atoms with van der Waals surface area (Å²) in [7, 11) is -8.93. The van der Waals surface area contributed by atoms with Crippen LogP contribution in [0.15, 0.2) is 66.7 Å². The van der Waals surface area contributed by atoms with E-state index >= 15 is 0 Å². The van der Waals surface area contributed by atoms with E-state index in [0.29, 0.717) is 16.8 Å². The molecule has 3 N–H and O–H groups in total. The molecule has 1 aromatic heterocycles. The van der Waals surface area contributed by atoms with E-state index in [1.165, 1.54) is 16.9 Å². The van der Waals surface area contributed by atoms with Crippen molar-refractivity contribution in [3.63, 3.8) is 0 Å². The first-order chi connectivity index (χ1) is 17.3. The van der Waals surface area contributed by atoms with Crippen LogP contribution in [0.4, 0.5) is 24.5 Å². The first kappa shape index (κ1) is 25.1. The molecule has 0 bridgehead atoms. The van der Waals surface area contributed by atoms with Crippen LogP contribution in [-0.2, 0) is 20.0 Å². The van der Waals surface area contributed by atoms with E-state index in [1.807, 2.05) is 30.3 Å². The molecule has 37 heavy (non-hydrogen) atoms. The summed E-state index contributed by atoms with van der Waals surface area (Å²) < 4.78 is 87.9. The Balaban J connectivity index is 1.34. The molecule has 4 aromatic rings. The molecular formula is C24H21F3N4O4S2. The van der Waals surface area contributed by atoms with Crippen LogP contribution in [-0.4, -0.2) is 38.6 Å². The average molecular weight is 551 g/mol. The fourth-order valence-corrected chi connectivity index (χ4v) is 5.41. The van der Waals surface area contributed by atoms with Gasteiger partial charge in [0.25, 0.3) is 0 Å². The second-order valence-corrected chi connectivity index (χ2v) is 12.3. The molecule has 0 radical (unpaired) electrons. The molecule has 0 spiro atoms. The van der Waals surface area contributed by atoms with E-state index in [1.54, 1.807) is 24.3 Å². The molecule has 13 heteroatoms. The van der Waals surface area contributed by atoms with Gasteiger partial charge >= 0.3 is 15.5 Å². The molecule has 5 rings (SSSR count). The van der Waals surface area contributed by atoms with E-state index < -0.39 is 25.6 Å². The summed E-state index contributed by atoms with van der Waals surface area (Å²) in [6.07, 6.45) is 1.87. The number of benzene rings is 3. The number of nitrogens with one attached hydrogen (secondary N) is 3. The quantitative estimate of drug-likeness (QED) is 0.295. The molecule has 3 aromatic carbocycles. The van der Waals surface area contributed by atoms with Crippen LogP contribution in [0.1, 0.15) is 29.6 Å². The predicted molar refractivity (Wildman–Crippen MR) is 135 cm³/mol. The van der Waals surface area contributed by atoms with Crippen molar-refractivity contribution in [1.82, 2.24) is 9.97 Å². The minimum atomic E-state index is -5.47. The fourth-order valence-electron chi connectivity index (χ4n) is 4.27. The highest BCUT2D eigenvalue weighted by molar-refractivity contribution is 7.93. The summed E-state index contributed by atoms with van der Waals surface area (Å²) in [5.41, 5.74) is -1.20. The molecular weight excluding hydrogens is 529 g/mol. The minimum Gasteiger partial charge on any atom is -0.342 e. The monoisotopic (exact) mass is 550 g/mol. The number of anilines is 2. The molecule has 0 amide bonds. The van der Waals surface area contributed by atoms with Crippen LogP contribution in [0, 0.1) is 0 Å². The minimum absolute atomic E-state index is 0.0766. The van der Waals surface area contributed by atoms with Gasteiger partial charge in [0, 0.05) is 17.2 Å². The largest absolute Gasteiger partial charge is 0.516 e. The molecule has 1 saturated carbocycles. The summed E-state index contributed by atoms with van der Waals surface area (Å²) in [6.45, 7) is 0. The van der Waals surface area contributed by atoms with Crippen LogP contribution >= 0.6 is 0 Å². The summed E-state index contributed by atoms with van der Waals surface area (Å²) in [4.78, 5) is 8.03. The number of fused-ring (bicyclic) bond motifs is 1. The van der Waals surface area contributed by atoms with Crippen molar-refractivity contribution in [2.45, 2.75) is 23.8 Å². The van der Waals surface area contributed by atoms with Gasteiger partial charge in [0.05, 0.1) is 23.0 Å². The SMILES string of the molecule is CS(=O)(=O)Nc1ccccc1-c1ccc2[nH]c(C3CC3c3ccc(NS(=O)(=O)C(F)(F)F)cc3)nc2c1. The van der Waals surface area contributed by atoms with Gasteiger partial charge in [-0.15, -0.1) is 0 Å². The molecule has 2 unspecified atom stereocenters. The number of alkyl halides is 3. The molecule has 2 atom stereocenters. The Morgan fingerprint density at radius 3 is 2.30 bits per heavy atom. The summed E-state index contributed by atoms with van der Waals surface area (Å²) in [5, 5.41) is 0. The van der Waals surface area contributed by atoms with Crippen LogP contribution in [0.3, 0.4) is 0 Å². The number of para-hydroxylation sites is 1. The first-order valence-corrected chi connectivity index (χ1v) is 14.4. The van der Waals surface area contributed by atoms with Crippen LogP contribution in [0.5, 0.6) is 0 Å². The number of hydrogen-bond acceptors (Lipinski definition) is 5. The van der Waals surface area contributed by atoms with Gasteiger partial charge in [0.2, 0.25) is 10.0 Å². The van der Waals surface area contributed by atoms with E-state index in [2.05, 4.69) is 9.71 Å². The van der Waals surface area contributed by atoms with Crippen LogP contribution < -0.4 is 9.44 Å². The summed E-state index contributed by atoms with van der Waals surface area (Å²) in [5.74, 6) is 0.933. The fraction of sp³-hybridized carbons (Fsp3) is 0.208. The molecule has 1 aliphatic rings. The lowest BCUT2D eigenvalue weighted by Gasteiger charge is -2.10.